The molecule has 0 atom stereocenters. The third-order valence-electron chi connectivity index (χ3n) is 1.87. The maximum absolute atomic E-state index is 10.7. The largest absolute Gasteiger partial charge is 0.502 e. The first-order valence-corrected chi connectivity index (χ1v) is 6.55. The Balaban J connectivity index is 3.76. The lowest BCUT2D eigenvalue weighted by atomic mass is 10.5. The highest BCUT2D eigenvalue weighted by atomic mass is 28.4. The van der Waals surface area contributed by atoms with Crippen LogP contribution in [0.5, 0.6) is 0 Å². The van der Waals surface area contributed by atoms with Crippen LogP contribution in [-0.4, -0.2) is 42.7 Å². The molecular weight excluding hydrogens is 220 g/mol. The van der Waals surface area contributed by atoms with Crippen LogP contribution in [0.4, 0.5) is 0 Å². The first-order valence-electron chi connectivity index (χ1n) is 4.61. The number of carbonyl (C=O) groups is 1. The molecular formula is C8H18O6Si. The molecule has 0 heterocycles. The highest BCUT2D eigenvalue weighted by Crippen LogP contribution is 2.12. The summed E-state index contributed by atoms with van der Waals surface area (Å²) in [5.74, 6) is -0.408. The van der Waals surface area contributed by atoms with Crippen LogP contribution in [0.1, 0.15) is 13.3 Å². The quantitative estimate of drug-likeness (QED) is 0.269. The molecule has 0 saturated heterocycles. The van der Waals surface area contributed by atoms with Gasteiger partial charge in [-0.15, -0.1) is 0 Å². The van der Waals surface area contributed by atoms with Gasteiger partial charge in [0.1, 0.15) is 0 Å². The molecule has 0 spiro atoms. The molecule has 0 aromatic heterocycles. The zero-order valence-electron chi connectivity index (χ0n) is 9.57. The van der Waals surface area contributed by atoms with Crippen molar-refractivity contribution >= 4 is 14.8 Å². The van der Waals surface area contributed by atoms with Crippen molar-refractivity contribution < 1.29 is 27.8 Å². The Morgan fingerprint density at radius 3 is 2.07 bits per heavy atom. The molecule has 0 fully saturated rings. The highest BCUT2D eigenvalue weighted by Gasteiger charge is 2.37. The molecule has 0 rings (SSSR count). The first kappa shape index (κ1) is 14.5. The van der Waals surface area contributed by atoms with E-state index >= 15 is 0 Å². The Hall–Kier alpha value is -0.473. The van der Waals surface area contributed by atoms with Gasteiger partial charge in [-0.05, 0) is 0 Å². The molecule has 0 saturated carbocycles. The second-order valence-electron chi connectivity index (χ2n) is 2.68. The van der Waals surface area contributed by atoms with Gasteiger partial charge < -0.3 is 13.3 Å². The number of rotatable bonds is 8. The lowest BCUT2D eigenvalue weighted by Crippen LogP contribution is -2.43. The second kappa shape index (κ2) is 7.77. The molecule has 0 aliphatic heterocycles. The Labute approximate surface area is 90.7 Å². The van der Waals surface area contributed by atoms with Crippen LogP contribution >= 0.6 is 0 Å². The molecule has 0 bridgehead atoms. The van der Waals surface area contributed by atoms with E-state index in [4.69, 9.17) is 18.2 Å². The van der Waals surface area contributed by atoms with Gasteiger partial charge in [0.05, 0.1) is 6.61 Å². The van der Waals surface area contributed by atoms with E-state index < -0.39 is 14.8 Å². The predicted molar refractivity (Wildman–Crippen MR) is 53.9 cm³/mol. The van der Waals surface area contributed by atoms with Crippen molar-refractivity contribution in [3.05, 3.63) is 0 Å². The van der Waals surface area contributed by atoms with E-state index in [-0.39, 0.29) is 13.0 Å². The minimum Gasteiger partial charge on any atom is -0.377 e. The van der Waals surface area contributed by atoms with Gasteiger partial charge in [-0.2, -0.15) is 4.89 Å². The van der Waals surface area contributed by atoms with Crippen LogP contribution in [0, 0.1) is 0 Å². The smallest absolute Gasteiger partial charge is 0.377 e. The average molecular weight is 238 g/mol. The summed E-state index contributed by atoms with van der Waals surface area (Å²) in [6, 6.07) is 0.424. The second-order valence-corrected chi connectivity index (χ2v) is 5.77. The highest BCUT2D eigenvalue weighted by molar-refractivity contribution is 6.60. The Morgan fingerprint density at radius 2 is 1.67 bits per heavy atom. The van der Waals surface area contributed by atoms with E-state index in [1.807, 2.05) is 0 Å². The van der Waals surface area contributed by atoms with Gasteiger partial charge >= 0.3 is 14.8 Å². The van der Waals surface area contributed by atoms with E-state index in [1.54, 1.807) is 6.92 Å². The van der Waals surface area contributed by atoms with Crippen LogP contribution < -0.4 is 0 Å². The van der Waals surface area contributed by atoms with Crippen LogP contribution in [-0.2, 0) is 27.8 Å². The van der Waals surface area contributed by atoms with Crippen molar-refractivity contribution in [2.24, 2.45) is 0 Å². The van der Waals surface area contributed by atoms with E-state index in [9.17, 15) is 4.79 Å². The third-order valence-corrected chi connectivity index (χ3v) is 4.55. The van der Waals surface area contributed by atoms with Crippen molar-refractivity contribution in [2.75, 3.05) is 27.9 Å². The molecule has 0 aromatic carbocycles. The summed E-state index contributed by atoms with van der Waals surface area (Å²) in [6.07, 6.45) is 0.279. The molecule has 15 heavy (non-hydrogen) atoms. The summed E-state index contributed by atoms with van der Waals surface area (Å²) in [5.41, 5.74) is 0. The summed E-state index contributed by atoms with van der Waals surface area (Å²) in [7, 11) is 1.92. The van der Waals surface area contributed by atoms with Gasteiger partial charge in [-0.1, -0.05) is 6.92 Å². The fourth-order valence-electron chi connectivity index (χ4n) is 0.889. The maximum atomic E-state index is 10.7. The Kier molecular flexibility index (Phi) is 7.53. The third kappa shape index (κ3) is 5.24. The molecule has 90 valence electrons. The van der Waals surface area contributed by atoms with Crippen molar-refractivity contribution in [3.63, 3.8) is 0 Å². The topological polar surface area (TPSA) is 63.2 Å². The van der Waals surface area contributed by atoms with Gasteiger partial charge in [0.15, 0.2) is 0 Å². The first-order chi connectivity index (χ1) is 7.14. The summed E-state index contributed by atoms with van der Waals surface area (Å²) < 4.78 is 15.4. The molecule has 6 nitrogen and oxygen atoms in total. The predicted octanol–water partition coefficient (Wildman–Crippen LogP) is 0.749. The van der Waals surface area contributed by atoms with Gasteiger partial charge in [0.25, 0.3) is 0 Å². The Bertz CT molecular complexity index is 174. The molecule has 0 aliphatic rings. The van der Waals surface area contributed by atoms with Crippen molar-refractivity contribution in [1.29, 1.82) is 0 Å². The zero-order valence-corrected chi connectivity index (χ0v) is 10.6. The standard InChI is InChI=1S/C8H18O6Si/c1-5-8(9)14-13-6-7-15(10-2,11-3)12-4/h5-7H2,1-4H3. The summed E-state index contributed by atoms with van der Waals surface area (Å²) in [4.78, 5) is 19.8. The molecule has 0 N–H and O–H groups in total. The normalized spacial score (nSPS) is 11.5. The van der Waals surface area contributed by atoms with Crippen molar-refractivity contribution in [2.45, 2.75) is 19.4 Å². The number of hydrogen-bond acceptors (Lipinski definition) is 6. The van der Waals surface area contributed by atoms with Gasteiger partial charge in [0.2, 0.25) is 0 Å². The molecule has 0 aromatic rings. The van der Waals surface area contributed by atoms with E-state index in [0.29, 0.717) is 6.04 Å². The molecule has 0 unspecified atom stereocenters. The van der Waals surface area contributed by atoms with Crippen LogP contribution in [0.25, 0.3) is 0 Å². The summed E-state index contributed by atoms with van der Waals surface area (Å²) in [6.45, 7) is 1.87. The lowest BCUT2D eigenvalue weighted by Gasteiger charge is -2.23. The van der Waals surface area contributed by atoms with Crippen molar-refractivity contribution in [1.82, 2.24) is 0 Å². The minimum atomic E-state index is -2.62. The fourth-order valence-corrected chi connectivity index (χ4v) is 2.33. The summed E-state index contributed by atoms with van der Waals surface area (Å²) in [5, 5.41) is 0. The summed E-state index contributed by atoms with van der Waals surface area (Å²) >= 11 is 0. The zero-order chi connectivity index (χ0) is 11.7. The Morgan fingerprint density at radius 1 is 1.13 bits per heavy atom. The van der Waals surface area contributed by atoms with Crippen LogP contribution in [0.15, 0.2) is 0 Å². The van der Waals surface area contributed by atoms with Gasteiger partial charge in [-0.3, -0.25) is 4.89 Å². The van der Waals surface area contributed by atoms with Crippen molar-refractivity contribution in [3.8, 4) is 0 Å². The number of hydrogen-bond donors (Lipinski definition) is 0. The molecule has 0 aliphatic carbocycles. The van der Waals surface area contributed by atoms with Crippen LogP contribution in [0.3, 0.4) is 0 Å². The van der Waals surface area contributed by atoms with Gasteiger partial charge in [0, 0.05) is 33.8 Å². The molecule has 0 amide bonds. The fraction of sp³-hybridized carbons (Fsp3) is 0.875. The van der Waals surface area contributed by atoms with Crippen LogP contribution in [0.2, 0.25) is 6.04 Å². The maximum Gasteiger partial charge on any atom is 0.502 e. The molecule has 7 heteroatoms. The van der Waals surface area contributed by atoms with E-state index in [0.717, 1.165) is 0 Å². The SMILES string of the molecule is CCC(=O)OOCC[Si](OC)(OC)OC. The number of carbonyl (C=O) groups excluding carboxylic acids is 1. The lowest BCUT2D eigenvalue weighted by molar-refractivity contribution is -0.270. The monoisotopic (exact) mass is 238 g/mol. The average Bonchev–Trinajstić information content (AvgIpc) is 2.30. The van der Waals surface area contributed by atoms with E-state index in [1.165, 1.54) is 21.3 Å². The van der Waals surface area contributed by atoms with E-state index in [2.05, 4.69) is 4.89 Å². The molecule has 0 radical (unpaired) electrons. The minimum absolute atomic E-state index is 0.188. The van der Waals surface area contributed by atoms with Gasteiger partial charge in [-0.25, -0.2) is 4.79 Å².